The first-order chi connectivity index (χ1) is 13.6. The number of hydrogen-bond acceptors (Lipinski definition) is 6. The third-order valence-electron chi connectivity index (χ3n) is 3.58. The van der Waals surface area contributed by atoms with Crippen molar-refractivity contribution in [1.82, 2.24) is 16.2 Å². The van der Waals surface area contributed by atoms with Gasteiger partial charge >= 0.3 is 0 Å². The van der Waals surface area contributed by atoms with E-state index in [-0.39, 0.29) is 18.0 Å². The summed E-state index contributed by atoms with van der Waals surface area (Å²) in [6.45, 7) is 11.6. The zero-order valence-corrected chi connectivity index (χ0v) is 17.9. The van der Waals surface area contributed by atoms with Gasteiger partial charge in [0.2, 0.25) is 11.7 Å². The molecule has 0 atom stereocenters. The molecule has 0 aromatic heterocycles. The SMILES string of the molecule is CCOc1cc(C(=O)NNC(=O)CNC(=O)C(C)(C)C)cc(OCC)c1OCC. The van der Waals surface area contributed by atoms with Crippen LogP contribution in [0.25, 0.3) is 0 Å². The van der Waals surface area contributed by atoms with Gasteiger partial charge in [-0.05, 0) is 32.9 Å². The molecule has 0 unspecified atom stereocenters. The lowest BCUT2D eigenvalue weighted by Gasteiger charge is -2.18. The average molecular weight is 409 g/mol. The van der Waals surface area contributed by atoms with Crippen molar-refractivity contribution in [2.75, 3.05) is 26.4 Å². The van der Waals surface area contributed by atoms with Gasteiger partial charge in [-0.2, -0.15) is 0 Å². The minimum absolute atomic E-state index is 0.222. The number of benzene rings is 1. The second kappa shape index (κ2) is 11.1. The third-order valence-corrected chi connectivity index (χ3v) is 3.58. The van der Waals surface area contributed by atoms with Gasteiger partial charge in [0.05, 0.1) is 26.4 Å². The van der Waals surface area contributed by atoms with Gasteiger partial charge < -0.3 is 19.5 Å². The van der Waals surface area contributed by atoms with Gasteiger partial charge in [0.25, 0.3) is 11.8 Å². The molecule has 0 fully saturated rings. The number of carbonyl (C=O) groups excluding carboxylic acids is 3. The van der Waals surface area contributed by atoms with E-state index in [1.807, 2.05) is 20.8 Å². The van der Waals surface area contributed by atoms with Crippen molar-refractivity contribution in [2.45, 2.75) is 41.5 Å². The molecule has 1 aromatic rings. The Morgan fingerprint density at radius 2 is 1.38 bits per heavy atom. The van der Waals surface area contributed by atoms with Gasteiger partial charge in [-0.3, -0.25) is 25.2 Å². The van der Waals surface area contributed by atoms with Crippen LogP contribution in [0.15, 0.2) is 12.1 Å². The Kier molecular flexibility index (Phi) is 9.24. The zero-order valence-electron chi connectivity index (χ0n) is 17.9. The minimum atomic E-state index is -0.614. The number of amides is 3. The van der Waals surface area contributed by atoms with E-state index in [1.165, 1.54) is 12.1 Å². The molecule has 0 aliphatic carbocycles. The highest BCUT2D eigenvalue weighted by molar-refractivity contribution is 5.97. The molecule has 0 aliphatic heterocycles. The van der Waals surface area contributed by atoms with E-state index in [9.17, 15) is 14.4 Å². The summed E-state index contributed by atoms with van der Waals surface area (Å²) in [6.07, 6.45) is 0. The molecule has 0 aliphatic rings. The van der Waals surface area contributed by atoms with Crippen molar-refractivity contribution < 1.29 is 28.6 Å². The van der Waals surface area contributed by atoms with E-state index in [0.717, 1.165) is 0 Å². The number of nitrogens with one attached hydrogen (secondary N) is 3. The van der Waals surface area contributed by atoms with Gasteiger partial charge in [0, 0.05) is 11.0 Å². The van der Waals surface area contributed by atoms with Crippen molar-refractivity contribution in [3.63, 3.8) is 0 Å². The molecule has 0 saturated heterocycles. The normalized spacial score (nSPS) is 10.7. The number of ether oxygens (including phenoxy) is 3. The second-order valence-electron chi connectivity index (χ2n) is 7.04. The van der Waals surface area contributed by atoms with Crippen molar-refractivity contribution >= 4 is 17.7 Å². The minimum Gasteiger partial charge on any atom is -0.490 e. The number of hydrogen-bond donors (Lipinski definition) is 3. The fraction of sp³-hybridized carbons (Fsp3) is 0.550. The van der Waals surface area contributed by atoms with Gasteiger partial charge in [-0.15, -0.1) is 0 Å². The third kappa shape index (κ3) is 7.52. The lowest BCUT2D eigenvalue weighted by molar-refractivity contribution is -0.131. The lowest BCUT2D eigenvalue weighted by Crippen LogP contribution is -2.47. The molecular formula is C20H31N3O6. The summed E-state index contributed by atoms with van der Waals surface area (Å²) in [7, 11) is 0. The van der Waals surface area contributed by atoms with Crippen LogP contribution in [0.1, 0.15) is 51.9 Å². The Morgan fingerprint density at radius 3 is 1.83 bits per heavy atom. The molecule has 162 valence electrons. The Balaban J connectivity index is 2.85. The molecule has 9 heteroatoms. The molecule has 0 heterocycles. The van der Waals surface area contributed by atoms with E-state index >= 15 is 0 Å². The van der Waals surface area contributed by atoms with E-state index in [0.29, 0.717) is 37.1 Å². The molecular weight excluding hydrogens is 378 g/mol. The highest BCUT2D eigenvalue weighted by Crippen LogP contribution is 2.39. The smallest absolute Gasteiger partial charge is 0.269 e. The molecule has 3 amide bonds. The Bertz CT molecular complexity index is 700. The predicted octanol–water partition coefficient (Wildman–Crippen LogP) is 1.81. The van der Waals surface area contributed by atoms with Gasteiger partial charge in [-0.25, -0.2) is 0 Å². The Hall–Kier alpha value is -2.97. The molecule has 29 heavy (non-hydrogen) atoms. The van der Waals surface area contributed by atoms with E-state index in [2.05, 4.69) is 16.2 Å². The molecule has 3 N–H and O–H groups in total. The molecule has 1 aromatic carbocycles. The van der Waals surface area contributed by atoms with Crippen molar-refractivity contribution in [3.8, 4) is 17.2 Å². The van der Waals surface area contributed by atoms with E-state index in [1.54, 1.807) is 20.8 Å². The second-order valence-corrected chi connectivity index (χ2v) is 7.04. The molecule has 0 bridgehead atoms. The monoisotopic (exact) mass is 409 g/mol. The quantitative estimate of drug-likeness (QED) is 0.536. The average Bonchev–Trinajstić information content (AvgIpc) is 2.65. The first-order valence-electron chi connectivity index (χ1n) is 9.57. The van der Waals surface area contributed by atoms with Crippen LogP contribution in [0.2, 0.25) is 0 Å². The van der Waals surface area contributed by atoms with Crippen LogP contribution in [-0.4, -0.2) is 44.1 Å². The fourth-order valence-corrected chi connectivity index (χ4v) is 2.19. The molecule has 0 spiro atoms. The number of carbonyl (C=O) groups is 3. The zero-order chi connectivity index (χ0) is 22.0. The summed E-state index contributed by atoms with van der Waals surface area (Å²) >= 11 is 0. The van der Waals surface area contributed by atoms with E-state index in [4.69, 9.17) is 14.2 Å². The number of rotatable bonds is 9. The standard InChI is InChI=1S/C20H31N3O6/c1-7-27-14-10-13(11-15(28-8-2)17(14)29-9-3)18(25)23-22-16(24)12-21-19(26)20(4,5)6/h10-11H,7-9,12H2,1-6H3,(H,21,26)(H,22,24)(H,23,25). The summed E-state index contributed by atoms with van der Waals surface area (Å²) in [4.78, 5) is 36.1. The van der Waals surface area contributed by atoms with Gasteiger partial charge in [0.15, 0.2) is 11.5 Å². The highest BCUT2D eigenvalue weighted by Gasteiger charge is 2.22. The number of hydrazine groups is 1. The highest BCUT2D eigenvalue weighted by atomic mass is 16.5. The topological polar surface area (TPSA) is 115 Å². The summed E-state index contributed by atoms with van der Waals surface area (Å²) < 4.78 is 16.7. The maximum absolute atomic E-state index is 12.5. The summed E-state index contributed by atoms with van der Waals surface area (Å²) in [5, 5.41) is 2.50. The van der Waals surface area contributed by atoms with Crippen molar-refractivity contribution in [3.05, 3.63) is 17.7 Å². The van der Waals surface area contributed by atoms with Crippen molar-refractivity contribution in [1.29, 1.82) is 0 Å². The predicted molar refractivity (Wildman–Crippen MR) is 108 cm³/mol. The molecule has 1 rings (SSSR count). The Labute approximate surface area is 171 Å². The lowest BCUT2D eigenvalue weighted by atomic mass is 9.96. The Morgan fingerprint density at radius 1 is 0.862 bits per heavy atom. The summed E-state index contributed by atoms with van der Waals surface area (Å²) in [5.41, 5.74) is 4.18. The molecule has 9 nitrogen and oxygen atoms in total. The van der Waals surface area contributed by atoms with Gasteiger partial charge in [-0.1, -0.05) is 20.8 Å². The summed E-state index contributed by atoms with van der Waals surface area (Å²) in [6, 6.07) is 3.03. The largest absolute Gasteiger partial charge is 0.490 e. The maximum Gasteiger partial charge on any atom is 0.269 e. The summed E-state index contributed by atoms with van der Waals surface area (Å²) in [5.74, 6) is -0.235. The van der Waals surface area contributed by atoms with Crippen LogP contribution in [0.3, 0.4) is 0 Å². The van der Waals surface area contributed by atoms with Crippen LogP contribution >= 0.6 is 0 Å². The molecule has 0 radical (unpaired) electrons. The van der Waals surface area contributed by atoms with Crippen LogP contribution in [-0.2, 0) is 9.59 Å². The van der Waals surface area contributed by atoms with E-state index < -0.39 is 17.2 Å². The van der Waals surface area contributed by atoms with Crippen LogP contribution in [0, 0.1) is 5.41 Å². The first kappa shape index (κ1) is 24.1. The fourth-order valence-electron chi connectivity index (χ4n) is 2.19. The van der Waals surface area contributed by atoms with Crippen LogP contribution in [0.4, 0.5) is 0 Å². The van der Waals surface area contributed by atoms with Crippen LogP contribution < -0.4 is 30.4 Å². The maximum atomic E-state index is 12.5. The van der Waals surface area contributed by atoms with Crippen LogP contribution in [0.5, 0.6) is 17.2 Å². The van der Waals surface area contributed by atoms with Gasteiger partial charge in [0.1, 0.15) is 0 Å². The molecule has 0 saturated carbocycles. The first-order valence-corrected chi connectivity index (χ1v) is 9.57. The van der Waals surface area contributed by atoms with Crippen molar-refractivity contribution in [2.24, 2.45) is 5.41 Å².